The molecule has 0 aliphatic heterocycles. The Kier molecular flexibility index (Phi) is 5.14. The lowest BCUT2D eigenvalue weighted by Crippen LogP contribution is -2.35. The highest BCUT2D eigenvalue weighted by atomic mass is 32.1. The van der Waals surface area contributed by atoms with E-state index >= 15 is 0 Å². The van der Waals surface area contributed by atoms with Crippen molar-refractivity contribution >= 4 is 11.3 Å². The molecule has 1 N–H and O–H groups in total. The molecule has 0 aliphatic carbocycles. The first-order chi connectivity index (χ1) is 7.81. The second-order valence-corrected chi connectivity index (χ2v) is 7.20. The van der Waals surface area contributed by atoms with Crippen molar-refractivity contribution < 1.29 is 0 Å². The molecule has 17 heavy (non-hydrogen) atoms. The predicted molar refractivity (Wildman–Crippen MR) is 76.6 cm³/mol. The zero-order valence-corrected chi connectivity index (χ0v) is 12.9. The highest BCUT2D eigenvalue weighted by Gasteiger charge is 2.14. The second-order valence-electron chi connectivity index (χ2n) is 6.03. The van der Waals surface area contributed by atoms with Gasteiger partial charge in [-0.2, -0.15) is 0 Å². The molecule has 1 aromatic rings. The number of nitrogens with one attached hydrogen (secondary N) is 1. The summed E-state index contributed by atoms with van der Waals surface area (Å²) >= 11 is 1.88. The fourth-order valence-electron chi connectivity index (χ4n) is 1.63. The molecule has 98 valence electrons. The van der Waals surface area contributed by atoms with Crippen molar-refractivity contribution in [2.75, 3.05) is 0 Å². The maximum absolute atomic E-state index is 4.75. The van der Waals surface area contributed by atoms with Gasteiger partial charge in [-0.3, -0.25) is 0 Å². The molecule has 0 saturated carbocycles. The van der Waals surface area contributed by atoms with E-state index in [4.69, 9.17) is 4.98 Å². The summed E-state index contributed by atoms with van der Waals surface area (Å²) in [6.07, 6.45) is 2.14. The molecule has 2 nitrogen and oxygen atoms in total. The van der Waals surface area contributed by atoms with Crippen molar-refractivity contribution in [1.82, 2.24) is 10.3 Å². The van der Waals surface area contributed by atoms with Crippen molar-refractivity contribution in [2.24, 2.45) is 5.92 Å². The van der Waals surface area contributed by atoms with E-state index in [0.29, 0.717) is 5.92 Å². The van der Waals surface area contributed by atoms with Crippen LogP contribution in [0.5, 0.6) is 0 Å². The molecule has 0 aromatic carbocycles. The topological polar surface area (TPSA) is 24.9 Å². The maximum Gasteiger partial charge on any atom is 0.0934 e. The average molecular weight is 254 g/mol. The molecular formula is C14H26N2S. The molecule has 3 heteroatoms. The van der Waals surface area contributed by atoms with Crippen LogP contribution in [0.4, 0.5) is 0 Å². The van der Waals surface area contributed by atoms with Crippen LogP contribution < -0.4 is 5.32 Å². The molecule has 0 unspecified atom stereocenters. The lowest BCUT2D eigenvalue weighted by Gasteiger charge is -2.20. The number of rotatable bonds is 5. The van der Waals surface area contributed by atoms with Gasteiger partial charge in [0.15, 0.2) is 0 Å². The Morgan fingerprint density at radius 1 is 1.29 bits per heavy atom. The van der Waals surface area contributed by atoms with Gasteiger partial charge in [-0.25, -0.2) is 4.98 Å². The van der Waals surface area contributed by atoms with Crippen LogP contribution in [0, 0.1) is 5.92 Å². The fraction of sp³-hybridized carbons (Fsp3) is 0.786. The van der Waals surface area contributed by atoms with Crippen molar-refractivity contribution in [2.45, 2.75) is 66.5 Å². The van der Waals surface area contributed by atoms with E-state index in [9.17, 15) is 0 Å². The van der Waals surface area contributed by atoms with Gasteiger partial charge in [-0.05, 0) is 33.1 Å². The van der Waals surface area contributed by atoms with Crippen LogP contribution in [0.2, 0.25) is 0 Å². The van der Waals surface area contributed by atoms with Crippen LogP contribution in [0.1, 0.15) is 57.1 Å². The predicted octanol–water partition coefficient (Wildman–Crippen LogP) is 3.79. The van der Waals surface area contributed by atoms with E-state index in [-0.39, 0.29) is 5.54 Å². The van der Waals surface area contributed by atoms with Crippen molar-refractivity contribution in [3.8, 4) is 0 Å². The van der Waals surface area contributed by atoms with Crippen LogP contribution >= 0.6 is 11.3 Å². The highest BCUT2D eigenvalue weighted by molar-refractivity contribution is 7.11. The molecule has 0 atom stereocenters. The van der Waals surface area contributed by atoms with E-state index in [1.165, 1.54) is 15.6 Å². The van der Waals surface area contributed by atoms with Crippen molar-refractivity contribution in [3.63, 3.8) is 0 Å². The molecule has 0 radical (unpaired) electrons. The minimum absolute atomic E-state index is 0.174. The molecule has 0 bridgehead atoms. The van der Waals surface area contributed by atoms with E-state index < -0.39 is 0 Å². The van der Waals surface area contributed by atoms with Crippen LogP contribution in [-0.4, -0.2) is 10.5 Å². The van der Waals surface area contributed by atoms with Gasteiger partial charge in [0.1, 0.15) is 0 Å². The third kappa shape index (κ3) is 5.17. The lowest BCUT2D eigenvalue weighted by molar-refractivity contribution is 0.425. The monoisotopic (exact) mass is 254 g/mol. The summed E-state index contributed by atoms with van der Waals surface area (Å²) in [5.41, 5.74) is 1.45. The van der Waals surface area contributed by atoms with Crippen LogP contribution in [0.15, 0.2) is 0 Å². The standard InChI is InChI=1S/C14H26N2S/c1-7-11-12(9-15-14(4,5)6)17-13(16-11)8-10(2)3/h10,15H,7-9H2,1-6H3. The van der Waals surface area contributed by atoms with E-state index in [2.05, 4.69) is 46.9 Å². The molecule has 0 amide bonds. The second kappa shape index (κ2) is 5.96. The van der Waals surface area contributed by atoms with Crippen molar-refractivity contribution in [1.29, 1.82) is 0 Å². The van der Waals surface area contributed by atoms with Gasteiger partial charge in [0.25, 0.3) is 0 Å². The Morgan fingerprint density at radius 3 is 2.41 bits per heavy atom. The molecule has 0 aliphatic rings. The normalized spacial score (nSPS) is 12.4. The maximum atomic E-state index is 4.75. The van der Waals surface area contributed by atoms with Gasteiger partial charge in [0.2, 0.25) is 0 Å². The molecule has 0 saturated heterocycles. The summed E-state index contributed by atoms with van der Waals surface area (Å²) in [7, 11) is 0. The Morgan fingerprint density at radius 2 is 1.94 bits per heavy atom. The largest absolute Gasteiger partial charge is 0.307 e. The highest BCUT2D eigenvalue weighted by Crippen LogP contribution is 2.22. The average Bonchev–Trinajstić information content (AvgIpc) is 2.55. The van der Waals surface area contributed by atoms with E-state index in [1.807, 2.05) is 11.3 Å². The molecule has 1 heterocycles. The molecule has 0 spiro atoms. The van der Waals surface area contributed by atoms with Gasteiger partial charge < -0.3 is 5.32 Å². The van der Waals surface area contributed by atoms with Gasteiger partial charge in [-0.15, -0.1) is 11.3 Å². The number of nitrogens with zero attached hydrogens (tertiary/aromatic N) is 1. The van der Waals surface area contributed by atoms with Gasteiger partial charge in [0.05, 0.1) is 10.7 Å². The van der Waals surface area contributed by atoms with Crippen LogP contribution in [-0.2, 0) is 19.4 Å². The third-order valence-corrected chi connectivity index (χ3v) is 3.64. The zero-order chi connectivity index (χ0) is 13.1. The summed E-state index contributed by atoms with van der Waals surface area (Å²) in [5.74, 6) is 0.689. The summed E-state index contributed by atoms with van der Waals surface area (Å²) in [6.45, 7) is 14.2. The Labute approximate surface area is 110 Å². The van der Waals surface area contributed by atoms with Gasteiger partial charge >= 0.3 is 0 Å². The zero-order valence-electron chi connectivity index (χ0n) is 12.1. The van der Waals surface area contributed by atoms with Gasteiger partial charge in [-0.1, -0.05) is 20.8 Å². The van der Waals surface area contributed by atoms with Crippen molar-refractivity contribution in [3.05, 3.63) is 15.6 Å². The number of thiazole rings is 1. The summed E-state index contributed by atoms with van der Waals surface area (Å²) in [6, 6.07) is 0. The first-order valence-corrected chi connectivity index (χ1v) is 7.36. The first-order valence-electron chi connectivity index (χ1n) is 6.54. The first kappa shape index (κ1) is 14.7. The van der Waals surface area contributed by atoms with Crippen LogP contribution in [0.25, 0.3) is 0 Å². The summed E-state index contributed by atoms with van der Waals surface area (Å²) in [4.78, 5) is 6.16. The van der Waals surface area contributed by atoms with Gasteiger partial charge in [0, 0.05) is 23.4 Å². The third-order valence-electron chi connectivity index (χ3n) is 2.52. The SMILES string of the molecule is CCc1nc(CC(C)C)sc1CNC(C)(C)C. The Balaban J connectivity index is 2.73. The Bertz CT molecular complexity index is 348. The van der Waals surface area contributed by atoms with E-state index in [1.54, 1.807) is 0 Å². The molecule has 0 fully saturated rings. The minimum Gasteiger partial charge on any atom is -0.307 e. The smallest absolute Gasteiger partial charge is 0.0934 e. The number of aryl methyl sites for hydroxylation is 1. The lowest BCUT2D eigenvalue weighted by atomic mass is 10.1. The summed E-state index contributed by atoms with van der Waals surface area (Å²) in [5, 5.41) is 4.84. The number of aromatic nitrogens is 1. The summed E-state index contributed by atoms with van der Waals surface area (Å²) < 4.78 is 0. The molecular weight excluding hydrogens is 228 g/mol. The molecule has 1 aromatic heterocycles. The Hall–Kier alpha value is -0.410. The number of hydrogen-bond donors (Lipinski definition) is 1. The fourth-order valence-corrected chi connectivity index (χ4v) is 2.94. The molecule has 1 rings (SSSR count). The number of hydrogen-bond acceptors (Lipinski definition) is 3. The van der Waals surface area contributed by atoms with Crippen LogP contribution in [0.3, 0.4) is 0 Å². The minimum atomic E-state index is 0.174. The van der Waals surface area contributed by atoms with E-state index in [0.717, 1.165) is 19.4 Å². The quantitative estimate of drug-likeness (QED) is 0.864.